The number of thiophene rings is 1. The summed E-state index contributed by atoms with van der Waals surface area (Å²) in [6.07, 6.45) is 3.24. The highest BCUT2D eigenvalue weighted by atomic mass is 35.5. The zero-order valence-corrected chi connectivity index (χ0v) is 17.5. The third-order valence-corrected chi connectivity index (χ3v) is 5.40. The van der Waals surface area contributed by atoms with Crippen LogP contribution in [0.15, 0.2) is 54.3 Å². The van der Waals surface area contributed by atoms with Crippen molar-refractivity contribution in [2.45, 2.75) is 13.1 Å². The number of ether oxygens (including phenoxy) is 1. The zero-order valence-electron chi connectivity index (χ0n) is 15.9. The fourth-order valence-electron chi connectivity index (χ4n) is 2.81. The fraction of sp³-hybridized carbons (Fsp3) is 0.200. The predicted molar refractivity (Wildman–Crippen MR) is 117 cm³/mol. The van der Waals surface area contributed by atoms with Gasteiger partial charge in [0, 0.05) is 16.4 Å². The van der Waals surface area contributed by atoms with Gasteiger partial charge in [0.25, 0.3) is 5.91 Å². The van der Waals surface area contributed by atoms with Crippen LogP contribution in [0.4, 0.5) is 5.82 Å². The van der Waals surface area contributed by atoms with Gasteiger partial charge >= 0.3 is 0 Å². The molecule has 0 saturated carbocycles. The average Bonchev–Trinajstić information content (AvgIpc) is 3.42. The summed E-state index contributed by atoms with van der Waals surface area (Å²) in [6, 6.07) is 10.9. The van der Waals surface area contributed by atoms with Crippen molar-refractivity contribution in [3.8, 4) is 5.75 Å². The van der Waals surface area contributed by atoms with Crippen molar-refractivity contribution in [3.05, 3.63) is 64.2 Å². The minimum atomic E-state index is -0.214. The molecule has 8 nitrogen and oxygen atoms in total. The van der Waals surface area contributed by atoms with Gasteiger partial charge < -0.3 is 15.4 Å². The van der Waals surface area contributed by atoms with Crippen LogP contribution in [-0.2, 0) is 17.9 Å². The Labute approximate surface area is 181 Å². The van der Waals surface area contributed by atoms with Gasteiger partial charge in [-0.1, -0.05) is 17.7 Å². The molecule has 0 fully saturated rings. The number of fused-ring (bicyclic) bond motifs is 1. The average molecular weight is 443 g/mol. The number of benzene rings is 1. The van der Waals surface area contributed by atoms with Gasteiger partial charge in [0.05, 0.1) is 24.7 Å². The van der Waals surface area contributed by atoms with E-state index in [0.29, 0.717) is 36.1 Å². The molecule has 0 aliphatic carbocycles. The minimum Gasteiger partial charge on any atom is -0.484 e. The zero-order chi connectivity index (χ0) is 20.8. The third kappa shape index (κ3) is 5.05. The molecule has 3 heterocycles. The van der Waals surface area contributed by atoms with Crippen molar-refractivity contribution in [2.24, 2.45) is 0 Å². The molecule has 1 aromatic carbocycles. The number of halogens is 1. The molecule has 10 heteroatoms. The number of carbonyl (C=O) groups is 1. The van der Waals surface area contributed by atoms with Gasteiger partial charge in [-0.15, -0.1) is 11.3 Å². The van der Waals surface area contributed by atoms with Gasteiger partial charge in [-0.05, 0) is 35.7 Å². The number of nitrogens with one attached hydrogen (secondary N) is 2. The normalized spacial score (nSPS) is 10.8. The number of hydrogen-bond donors (Lipinski definition) is 2. The second-order valence-corrected chi connectivity index (χ2v) is 7.82. The lowest BCUT2D eigenvalue weighted by Gasteiger charge is -2.08. The number of amides is 1. The minimum absolute atomic E-state index is 0.0690. The smallest absolute Gasteiger partial charge is 0.258 e. The number of nitrogens with zero attached hydrogens (tertiary/aromatic N) is 4. The molecule has 30 heavy (non-hydrogen) atoms. The fourth-order valence-corrected chi connectivity index (χ4v) is 3.58. The standard InChI is InChI=1S/C20H19ClN6O2S/c21-14-3-5-15(6-4-14)29-12-18(28)22-7-8-27-20-17(11-26-27)19(24-13-25-20)23-10-16-2-1-9-30-16/h1-6,9,11,13H,7-8,10,12H2,(H,22,28)(H,23,24,25). The first-order valence-corrected chi connectivity index (χ1v) is 10.5. The first-order chi connectivity index (χ1) is 14.7. The maximum absolute atomic E-state index is 12.0. The predicted octanol–water partition coefficient (Wildman–Crippen LogP) is 3.35. The second-order valence-electron chi connectivity index (χ2n) is 6.35. The Hall–Kier alpha value is -3.17. The lowest BCUT2D eigenvalue weighted by atomic mass is 10.3. The van der Waals surface area contributed by atoms with E-state index in [1.165, 1.54) is 11.2 Å². The highest BCUT2D eigenvalue weighted by Gasteiger charge is 2.10. The molecule has 0 atom stereocenters. The van der Waals surface area contributed by atoms with Crippen LogP contribution >= 0.6 is 22.9 Å². The van der Waals surface area contributed by atoms with Crippen LogP contribution in [0, 0.1) is 0 Å². The van der Waals surface area contributed by atoms with Gasteiger partial charge in [0.2, 0.25) is 0 Å². The summed E-state index contributed by atoms with van der Waals surface area (Å²) in [5.41, 5.74) is 0.713. The molecular formula is C20H19ClN6O2S. The molecule has 0 saturated heterocycles. The van der Waals surface area contributed by atoms with Crippen LogP contribution in [0.5, 0.6) is 5.75 Å². The van der Waals surface area contributed by atoms with Gasteiger partial charge in [-0.25, -0.2) is 14.6 Å². The summed E-state index contributed by atoms with van der Waals surface area (Å²) >= 11 is 7.51. The summed E-state index contributed by atoms with van der Waals surface area (Å²) in [5, 5.41) is 14.0. The molecule has 1 amide bonds. The highest BCUT2D eigenvalue weighted by Crippen LogP contribution is 2.20. The van der Waals surface area contributed by atoms with Crippen LogP contribution in [0.25, 0.3) is 11.0 Å². The summed E-state index contributed by atoms with van der Waals surface area (Å²) in [7, 11) is 0. The highest BCUT2D eigenvalue weighted by molar-refractivity contribution is 7.09. The van der Waals surface area contributed by atoms with Crippen LogP contribution in [0.2, 0.25) is 5.02 Å². The number of hydrogen-bond acceptors (Lipinski definition) is 7. The molecule has 0 aliphatic rings. The number of carbonyl (C=O) groups excluding carboxylic acids is 1. The van der Waals surface area contributed by atoms with Gasteiger partial charge in [-0.2, -0.15) is 5.10 Å². The molecule has 0 unspecified atom stereocenters. The number of rotatable bonds is 9. The molecule has 0 radical (unpaired) electrons. The lowest BCUT2D eigenvalue weighted by Crippen LogP contribution is -2.31. The topological polar surface area (TPSA) is 94.0 Å². The second kappa shape index (κ2) is 9.55. The quantitative estimate of drug-likeness (QED) is 0.413. The summed E-state index contributed by atoms with van der Waals surface area (Å²) in [5.74, 6) is 1.11. The summed E-state index contributed by atoms with van der Waals surface area (Å²) in [6.45, 7) is 1.51. The maximum Gasteiger partial charge on any atom is 0.258 e. The Morgan fingerprint density at radius 3 is 2.87 bits per heavy atom. The van der Waals surface area contributed by atoms with Crippen molar-refractivity contribution in [3.63, 3.8) is 0 Å². The molecule has 4 aromatic rings. The Bertz CT molecular complexity index is 1110. The molecule has 4 rings (SSSR count). The van der Waals surface area contributed by atoms with Crippen molar-refractivity contribution in [1.82, 2.24) is 25.1 Å². The van der Waals surface area contributed by atoms with Crippen molar-refractivity contribution in [2.75, 3.05) is 18.5 Å². The van der Waals surface area contributed by atoms with Crippen LogP contribution < -0.4 is 15.4 Å². The van der Waals surface area contributed by atoms with Gasteiger partial charge in [0.15, 0.2) is 12.3 Å². The molecule has 3 aromatic heterocycles. The molecule has 154 valence electrons. The lowest BCUT2D eigenvalue weighted by molar-refractivity contribution is -0.123. The number of anilines is 1. The SMILES string of the molecule is O=C(COc1ccc(Cl)cc1)NCCn1ncc2c(NCc3cccs3)ncnc21. The maximum atomic E-state index is 12.0. The Kier molecular flexibility index (Phi) is 6.41. The monoisotopic (exact) mass is 442 g/mol. The third-order valence-electron chi connectivity index (χ3n) is 4.27. The van der Waals surface area contributed by atoms with Crippen molar-refractivity contribution in [1.29, 1.82) is 0 Å². The van der Waals surface area contributed by atoms with Crippen LogP contribution in [-0.4, -0.2) is 38.8 Å². The van der Waals surface area contributed by atoms with Gasteiger partial charge in [-0.3, -0.25) is 4.79 Å². The van der Waals surface area contributed by atoms with E-state index in [9.17, 15) is 4.79 Å². The largest absolute Gasteiger partial charge is 0.484 e. The van der Waals surface area contributed by atoms with E-state index in [0.717, 1.165) is 11.2 Å². The first kappa shape index (κ1) is 20.1. The van der Waals surface area contributed by atoms with E-state index in [1.54, 1.807) is 46.5 Å². The van der Waals surface area contributed by atoms with Crippen LogP contribution in [0.3, 0.4) is 0 Å². The molecule has 0 aliphatic heterocycles. The number of aromatic nitrogens is 4. The Balaban J connectivity index is 1.29. The van der Waals surface area contributed by atoms with Gasteiger partial charge in [0.1, 0.15) is 17.9 Å². The van der Waals surface area contributed by atoms with E-state index >= 15 is 0 Å². The molecule has 2 N–H and O–H groups in total. The van der Waals surface area contributed by atoms with E-state index in [-0.39, 0.29) is 12.5 Å². The van der Waals surface area contributed by atoms with Crippen LogP contribution in [0.1, 0.15) is 4.88 Å². The first-order valence-electron chi connectivity index (χ1n) is 9.27. The van der Waals surface area contributed by atoms with E-state index in [4.69, 9.17) is 16.3 Å². The summed E-state index contributed by atoms with van der Waals surface area (Å²) in [4.78, 5) is 21.9. The molecule has 0 bridgehead atoms. The Morgan fingerprint density at radius 2 is 2.07 bits per heavy atom. The van der Waals surface area contributed by atoms with E-state index in [2.05, 4.69) is 31.8 Å². The Morgan fingerprint density at radius 1 is 1.20 bits per heavy atom. The van der Waals surface area contributed by atoms with Crippen molar-refractivity contribution >= 4 is 45.7 Å². The molecular weight excluding hydrogens is 424 g/mol. The van der Waals surface area contributed by atoms with Crippen molar-refractivity contribution < 1.29 is 9.53 Å². The van der Waals surface area contributed by atoms with E-state index < -0.39 is 0 Å². The van der Waals surface area contributed by atoms with E-state index in [1.807, 2.05) is 11.4 Å². The molecule has 0 spiro atoms. The summed E-state index contributed by atoms with van der Waals surface area (Å²) < 4.78 is 7.18.